The molecule has 2 aromatic heterocycles. The third-order valence-corrected chi connectivity index (χ3v) is 3.51. The summed E-state index contributed by atoms with van der Waals surface area (Å²) in [6.07, 6.45) is 1.56. The molecule has 7 heteroatoms. The zero-order valence-corrected chi connectivity index (χ0v) is 11.6. The molecule has 2 N–H and O–H groups in total. The molecular weight excluding hydrogens is 284 g/mol. The molecule has 0 bridgehead atoms. The molecule has 0 saturated carbocycles. The molecule has 3 aromatic rings. The lowest BCUT2D eigenvalue weighted by molar-refractivity contribution is 0.881. The minimum absolute atomic E-state index is 0.264. The van der Waals surface area contributed by atoms with Crippen molar-refractivity contribution in [3.05, 3.63) is 53.1 Å². The molecule has 0 radical (unpaired) electrons. The SMILES string of the molecule is N#CC(=CNc1ccc(-c2ccsc2)cc1)c1nn[nH]n1. The van der Waals surface area contributed by atoms with Gasteiger partial charge in [0.25, 0.3) is 0 Å². The third kappa shape index (κ3) is 2.96. The molecule has 102 valence electrons. The molecule has 1 aromatic carbocycles. The second-order valence-corrected chi connectivity index (χ2v) is 4.92. The maximum absolute atomic E-state index is 9.07. The first-order chi connectivity index (χ1) is 10.4. The van der Waals surface area contributed by atoms with Crippen LogP contribution >= 0.6 is 11.3 Å². The van der Waals surface area contributed by atoms with E-state index in [2.05, 4.69) is 37.4 Å². The fourth-order valence-corrected chi connectivity index (χ4v) is 2.43. The van der Waals surface area contributed by atoms with Crippen LogP contribution in [0.2, 0.25) is 0 Å². The van der Waals surface area contributed by atoms with E-state index in [1.54, 1.807) is 17.5 Å². The number of hydrogen-bond acceptors (Lipinski definition) is 6. The molecule has 2 heterocycles. The van der Waals surface area contributed by atoms with Crippen molar-refractivity contribution < 1.29 is 0 Å². The topological polar surface area (TPSA) is 90.3 Å². The van der Waals surface area contributed by atoms with E-state index in [1.165, 1.54) is 5.56 Å². The summed E-state index contributed by atoms with van der Waals surface area (Å²) in [6, 6.07) is 12.1. The van der Waals surface area contributed by atoms with Gasteiger partial charge in [-0.15, -0.1) is 10.2 Å². The van der Waals surface area contributed by atoms with E-state index in [0.717, 1.165) is 11.3 Å². The van der Waals surface area contributed by atoms with Gasteiger partial charge < -0.3 is 5.32 Å². The molecule has 0 unspecified atom stereocenters. The van der Waals surface area contributed by atoms with Gasteiger partial charge in [0.1, 0.15) is 11.6 Å². The zero-order chi connectivity index (χ0) is 14.5. The highest BCUT2D eigenvalue weighted by Crippen LogP contribution is 2.23. The molecule has 0 aliphatic rings. The van der Waals surface area contributed by atoms with Gasteiger partial charge in [0, 0.05) is 11.9 Å². The fraction of sp³-hybridized carbons (Fsp3) is 0. The number of H-pyrrole nitrogens is 1. The lowest BCUT2D eigenvalue weighted by Crippen LogP contribution is -1.92. The van der Waals surface area contributed by atoms with Gasteiger partial charge in [-0.05, 0) is 45.3 Å². The number of tetrazole rings is 1. The summed E-state index contributed by atoms with van der Waals surface area (Å²) in [5.74, 6) is 0.264. The van der Waals surface area contributed by atoms with Crippen molar-refractivity contribution in [3.63, 3.8) is 0 Å². The number of nitrogens with one attached hydrogen (secondary N) is 2. The summed E-state index contributed by atoms with van der Waals surface area (Å²) in [4.78, 5) is 0. The first-order valence-electron chi connectivity index (χ1n) is 6.10. The summed E-state index contributed by atoms with van der Waals surface area (Å²) < 4.78 is 0. The smallest absolute Gasteiger partial charge is 0.216 e. The monoisotopic (exact) mass is 294 g/mol. The number of hydrogen-bond donors (Lipinski definition) is 2. The molecule has 0 aliphatic carbocycles. The van der Waals surface area contributed by atoms with Gasteiger partial charge in [-0.1, -0.05) is 12.1 Å². The highest BCUT2D eigenvalue weighted by Gasteiger charge is 2.05. The average molecular weight is 294 g/mol. The summed E-state index contributed by atoms with van der Waals surface area (Å²) >= 11 is 1.67. The van der Waals surface area contributed by atoms with Crippen LogP contribution in [-0.2, 0) is 0 Å². The average Bonchev–Trinajstić information content (AvgIpc) is 3.22. The summed E-state index contributed by atoms with van der Waals surface area (Å²) in [5, 5.41) is 29.6. The number of thiophene rings is 1. The highest BCUT2D eigenvalue weighted by molar-refractivity contribution is 7.08. The Labute approximate surface area is 124 Å². The molecule has 0 aliphatic heterocycles. The van der Waals surface area contributed by atoms with Crippen LogP contribution in [0.4, 0.5) is 5.69 Å². The predicted molar refractivity (Wildman–Crippen MR) is 81.1 cm³/mol. The van der Waals surface area contributed by atoms with Gasteiger partial charge in [-0.2, -0.15) is 21.8 Å². The lowest BCUT2D eigenvalue weighted by atomic mass is 10.1. The van der Waals surface area contributed by atoms with Crippen molar-refractivity contribution in [2.24, 2.45) is 0 Å². The number of allylic oxidation sites excluding steroid dienone is 1. The number of nitrogens with zero attached hydrogens (tertiary/aromatic N) is 4. The van der Waals surface area contributed by atoms with E-state index >= 15 is 0 Å². The van der Waals surface area contributed by atoms with Crippen molar-refractivity contribution in [1.29, 1.82) is 5.26 Å². The molecule has 0 saturated heterocycles. The second kappa shape index (κ2) is 5.98. The van der Waals surface area contributed by atoms with Crippen LogP contribution in [-0.4, -0.2) is 20.6 Å². The Kier molecular flexibility index (Phi) is 3.71. The molecule has 0 spiro atoms. The van der Waals surface area contributed by atoms with Gasteiger partial charge in [0.15, 0.2) is 0 Å². The minimum atomic E-state index is 0.264. The third-order valence-electron chi connectivity index (χ3n) is 2.83. The van der Waals surface area contributed by atoms with E-state index < -0.39 is 0 Å². The Morgan fingerprint density at radius 2 is 2.10 bits per heavy atom. The van der Waals surface area contributed by atoms with Crippen LogP contribution in [0.25, 0.3) is 16.7 Å². The molecule has 0 fully saturated rings. The standard InChI is InChI=1S/C14H10N6S/c15-7-12(14-17-19-20-18-14)8-16-13-3-1-10(2-4-13)11-5-6-21-9-11/h1-6,8-9,16H,(H,17,18,19,20). The van der Waals surface area contributed by atoms with Gasteiger partial charge >= 0.3 is 0 Å². The largest absolute Gasteiger partial charge is 0.360 e. The highest BCUT2D eigenvalue weighted by atomic mass is 32.1. The van der Waals surface area contributed by atoms with Crippen LogP contribution < -0.4 is 5.32 Å². The van der Waals surface area contributed by atoms with Crippen molar-refractivity contribution in [2.45, 2.75) is 0 Å². The molecular formula is C14H10N6S. The van der Waals surface area contributed by atoms with Crippen molar-refractivity contribution in [3.8, 4) is 17.2 Å². The first-order valence-corrected chi connectivity index (χ1v) is 7.04. The van der Waals surface area contributed by atoms with Crippen LogP contribution in [0, 0.1) is 11.3 Å². The van der Waals surface area contributed by atoms with Gasteiger partial charge in [-0.3, -0.25) is 0 Å². The Bertz CT molecular complexity index is 766. The quantitative estimate of drug-likeness (QED) is 0.722. The molecule has 0 atom stereocenters. The number of anilines is 1. The number of nitriles is 1. The van der Waals surface area contributed by atoms with E-state index in [0.29, 0.717) is 5.57 Å². The predicted octanol–water partition coefficient (Wildman–Crippen LogP) is 2.90. The Balaban J connectivity index is 1.75. The molecule has 6 nitrogen and oxygen atoms in total. The summed E-state index contributed by atoms with van der Waals surface area (Å²) in [6.45, 7) is 0. The van der Waals surface area contributed by atoms with Crippen molar-refractivity contribution in [1.82, 2.24) is 20.6 Å². The van der Waals surface area contributed by atoms with E-state index in [4.69, 9.17) is 5.26 Å². The Hall–Kier alpha value is -2.98. The van der Waals surface area contributed by atoms with Gasteiger partial charge in [0.2, 0.25) is 5.82 Å². The van der Waals surface area contributed by atoms with Crippen LogP contribution in [0.1, 0.15) is 5.82 Å². The van der Waals surface area contributed by atoms with Gasteiger partial charge in [-0.25, -0.2) is 0 Å². The van der Waals surface area contributed by atoms with E-state index in [1.807, 2.05) is 35.7 Å². The summed E-state index contributed by atoms with van der Waals surface area (Å²) in [5.41, 5.74) is 3.55. The second-order valence-electron chi connectivity index (χ2n) is 4.14. The number of rotatable bonds is 4. The first kappa shape index (κ1) is 13.0. The number of aromatic nitrogens is 4. The normalized spacial score (nSPS) is 11.1. The summed E-state index contributed by atoms with van der Waals surface area (Å²) in [7, 11) is 0. The zero-order valence-electron chi connectivity index (χ0n) is 10.8. The maximum Gasteiger partial charge on any atom is 0.216 e. The van der Waals surface area contributed by atoms with E-state index in [9.17, 15) is 0 Å². The molecule has 3 rings (SSSR count). The van der Waals surface area contributed by atoms with Crippen LogP contribution in [0.15, 0.2) is 47.3 Å². The van der Waals surface area contributed by atoms with Crippen molar-refractivity contribution in [2.75, 3.05) is 5.32 Å². The Morgan fingerprint density at radius 3 is 2.71 bits per heavy atom. The van der Waals surface area contributed by atoms with Crippen LogP contribution in [0.5, 0.6) is 0 Å². The van der Waals surface area contributed by atoms with Gasteiger partial charge in [0.05, 0.1) is 0 Å². The minimum Gasteiger partial charge on any atom is -0.360 e. The van der Waals surface area contributed by atoms with Crippen LogP contribution in [0.3, 0.4) is 0 Å². The Morgan fingerprint density at radius 1 is 1.24 bits per heavy atom. The van der Waals surface area contributed by atoms with E-state index in [-0.39, 0.29) is 5.82 Å². The lowest BCUT2D eigenvalue weighted by Gasteiger charge is -2.03. The molecule has 21 heavy (non-hydrogen) atoms. The fourth-order valence-electron chi connectivity index (χ4n) is 1.77. The maximum atomic E-state index is 9.07. The number of benzene rings is 1. The molecule has 0 amide bonds. The van der Waals surface area contributed by atoms with Crippen molar-refractivity contribution >= 4 is 22.6 Å². The number of aromatic amines is 1.